The molecule has 2 heteroatoms. The van der Waals surface area contributed by atoms with Crippen molar-refractivity contribution in [3.63, 3.8) is 0 Å². The van der Waals surface area contributed by atoms with E-state index in [0.29, 0.717) is 12.5 Å². The molecule has 1 saturated carbocycles. The number of nitrogens with two attached hydrogens (primary N) is 1. The zero-order chi connectivity index (χ0) is 13.9. The third-order valence-corrected chi connectivity index (χ3v) is 4.13. The lowest BCUT2D eigenvalue weighted by atomic mass is 9.86. The van der Waals surface area contributed by atoms with Gasteiger partial charge < -0.3 is 10.5 Å². The minimum absolute atomic E-state index is 0.105. The van der Waals surface area contributed by atoms with Crippen molar-refractivity contribution < 1.29 is 4.74 Å². The molecule has 0 radical (unpaired) electrons. The third-order valence-electron chi connectivity index (χ3n) is 4.13. The van der Waals surface area contributed by atoms with Gasteiger partial charge in [0.2, 0.25) is 0 Å². The van der Waals surface area contributed by atoms with E-state index in [0.717, 1.165) is 5.75 Å². The van der Waals surface area contributed by atoms with Gasteiger partial charge in [-0.25, -0.2) is 0 Å². The number of benzene rings is 1. The van der Waals surface area contributed by atoms with Gasteiger partial charge in [0.25, 0.3) is 0 Å². The molecule has 1 unspecified atom stereocenters. The molecule has 1 aromatic carbocycles. The minimum atomic E-state index is 0.105. The Morgan fingerprint density at radius 1 is 1.21 bits per heavy atom. The molecule has 0 saturated heterocycles. The fraction of sp³-hybridized carbons (Fsp3) is 0.647. The van der Waals surface area contributed by atoms with Crippen LogP contribution in [0.25, 0.3) is 0 Å². The van der Waals surface area contributed by atoms with Crippen LogP contribution < -0.4 is 10.5 Å². The van der Waals surface area contributed by atoms with Crippen LogP contribution in [0.1, 0.15) is 52.0 Å². The summed E-state index contributed by atoms with van der Waals surface area (Å²) in [6.07, 6.45) is 5.20. The Balaban J connectivity index is 1.99. The van der Waals surface area contributed by atoms with E-state index in [-0.39, 0.29) is 11.5 Å². The summed E-state index contributed by atoms with van der Waals surface area (Å²) < 4.78 is 6.01. The topological polar surface area (TPSA) is 35.2 Å². The summed E-state index contributed by atoms with van der Waals surface area (Å²) in [5, 5.41) is 0. The Bertz CT molecular complexity index is 402. The molecule has 1 fully saturated rings. The van der Waals surface area contributed by atoms with Crippen LogP contribution in [0.4, 0.5) is 0 Å². The van der Waals surface area contributed by atoms with E-state index in [1.165, 1.54) is 31.2 Å². The van der Waals surface area contributed by atoms with Crippen LogP contribution in [0.5, 0.6) is 5.75 Å². The average molecular weight is 261 g/mol. The zero-order valence-electron chi connectivity index (χ0n) is 12.5. The lowest BCUT2D eigenvalue weighted by Crippen LogP contribution is -2.35. The second-order valence-corrected chi connectivity index (χ2v) is 6.77. The van der Waals surface area contributed by atoms with E-state index in [2.05, 4.69) is 39.0 Å². The van der Waals surface area contributed by atoms with Crippen LogP contribution in [0, 0.1) is 5.92 Å². The highest BCUT2D eigenvalue weighted by molar-refractivity contribution is 5.38. The van der Waals surface area contributed by atoms with Crippen molar-refractivity contribution in [3.05, 3.63) is 29.8 Å². The first kappa shape index (κ1) is 14.4. The minimum Gasteiger partial charge on any atom is -0.492 e. The van der Waals surface area contributed by atoms with Crippen molar-refractivity contribution in [2.45, 2.75) is 57.9 Å². The Morgan fingerprint density at radius 3 is 2.47 bits per heavy atom. The van der Waals surface area contributed by atoms with Gasteiger partial charge in [0.05, 0.1) is 0 Å². The van der Waals surface area contributed by atoms with Crippen LogP contribution in [0.2, 0.25) is 0 Å². The largest absolute Gasteiger partial charge is 0.492 e. The number of hydrogen-bond donors (Lipinski definition) is 1. The molecule has 2 N–H and O–H groups in total. The van der Waals surface area contributed by atoms with E-state index < -0.39 is 0 Å². The Labute approximate surface area is 117 Å². The van der Waals surface area contributed by atoms with Crippen molar-refractivity contribution in [2.24, 2.45) is 11.7 Å². The smallest absolute Gasteiger partial charge is 0.123 e. The maximum Gasteiger partial charge on any atom is 0.123 e. The molecule has 0 amide bonds. The number of ether oxygens (including phenoxy) is 1. The summed E-state index contributed by atoms with van der Waals surface area (Å²) in [7, 11) is 0. The highest BCUT2D eigenvalue weighted by atomic mass is 16.5. The highest BCUT2D eigenvalue weighted by Crippen LogP contribution is 2.32. The Kier molecular flexibility index (Phi) is 4.51. The van der Waals surface area contributed by atoms with Crippen molar-refractivity contribution in [1.82, 2.24) is 0 Å². The van der Waals surface area contributed by atoms with E-state index >= 15 is 0 Å². The molecule has 0 bridgehead atoms. The summed E-state index contributed by atoms with van der Waals surface area (Å²) in [4.78, 5) is 0. The third kappa shape index (κ3) is 3.73. The van der Waals surface area contributed by atoms with Gasteiger partial charge in [-0.3, -0.25) is 0 Å². The molecule has 2 rings (SSSR count). The molecule has 19 heavy (non-hydrogen) atoms. The molecule has 1 aromatic rings. The second kappa shape index (κ2) is 5.96. The van der Waals surface area contributed by atoms with Gasteiger partial charge in [0, 0.05) is 6.04 Å². The van der Waals surface area contributed by atoms with Crippen LogP contribution in [0.15, 0.2) is 24.3 Å². The number of para-hydroxylation sites is 1. The first-order chi connectivity index (χ1) is 8.98. The summed E-state index contributed by atoms with van der Waals surface area (Å²) in [5.74, 6) is 1.64. The first-order valence-electron chi connectivity index (χ1n) is 7.46. The molecule has 2 nitrogen and oxygen atoms in total. The van der Waals surface area contributed by atoms with Crippen molar-refractivity contribution in [3.8, 4) is 5.75 Å². The molecule has 0 spiro atoms. The van der Waals surface area contributed by atoms with Crippen LogP contribution in [-0.2, 0) is 5.41 Å². The summed E-state index contributed by atoms with van der Waals surface area (Å²) in [5.41, 5.74) is 7.62. The Hall–Kier alpha value is -1.02. The molecule has 1 atom stereocenters. The first-order valence-corrected chi connectivity index (χ1v) is 7.46. The fourth-order valence-corrected chi connectivity index (χ4v) is 2.92. The molecule has 1 aliphatic carbocycles. The Morgan fingerprint density at radius 2 is 1.84 bits per heavy atom. The predicted molar refractivity (Wildman–Crippen MR) is 80.6 cm³/mol. The van der Waals surface area contributed by atoms with E-state index in [1.54, 1.807) is 0 Å². The highest BCUT2D eigenvalue weighted by Gasteiger charge is 2.23. The van der Waals surface area contributed by atoms with Gasteiger partial charge in [-0.1, -0.05) is 51.8 Å². The standard InChI is InChI=1S/C17H27NO/c1-17(2,3)14-10-6-7-11-16(14)19-12-15(18)13-8-4-5-9-13/h6-7,10-11,13,15H,4-5,8-9,12,18H2,1-3H3. The predicted octanol–water partition coefficient (Wildman–Crippen LogP) is 3.88. The molecule has 0 aliphatic heterocycles. The molecular formula is C17H27NO. The average Bonchev–Trinajstić information content (AvgIpc) is 2.89. The van der Waals surface area contributed by atoms with E-state index in [9.17, 15) is 0 Å². The van der Waals surface area contributed by atoms with E-state index in [1.807, 2.05) is 6.07 Å². The summed E-state index contributed by atoms with van der Waals surface area (Å²) in [6, 6.07) is 8.49. The van der Waals surface area contributed by atoms with Crippen LogP contribution >= 0.6 is 0 Å². The number of rotatable bonds is 4. The van der Waals surface area contributed by atoms with Gasteiger partial charge in [-0.05, 0) is 35.8 Å². The molecule has 106 valence electrons. The van der Waals surface area contributed by atoms with Gasteiger partial charge in [0.1, 0.15) is 12.4 Å². The lowest BCUT2D eigenvalue weighted by molar-refractivity contribution is 0.243. The second-order valence-electron chi connectivity index (χ2n) is 6.77. The molecular weight excluding hydrogens is 234 g/mol. The molecule has 0 aromatic heterocycles. The van der Waals surface area contributed by atoms with Gasteiger partial charge in [0.15, 0.2) is 0 Å². The van der Waals surface area contributed by atoms with Crippen molar-refractivity contribution in [1.29, 1.82) is 0 Å². The van der Waals surface area contributed by atoms with Crippen LogP contribution in [-0.4, -0.2) is 12.6 Å². The van der Waals surface area contributed by atoms with Gasteiger partial charge in [-0.15, -0.1) is 0 Å². The van der Waals surface area contributed by atoms with Gasteiger partial charge in [-0.2, -0.15) is 0 Å². The molecule has 0 heterocycles. The SMILES string of the molecule is CC(C)(C)c1ccccc1OCC(N)C1CCCC1. The van der Waals surface area contributed by atoms with E-state index in [4.69, 9.17) is 10.5 Å². The zero-order valence-corrected chi connectivity index (χ0v) is 12.5. The monoisotopic (exact) mass is 261 g/mol. The molecule has 1 aliphatic rings. The fourth-order valence-electron chi connectivity index (χ4n) is 2.92. The quantitative estimate of drug-likeness (QED) is 0.892. The maximum absolute atomic E-state index is 6.26. The summed E-state index contributed by atoms with van der Waals surface area (Å²) >= 11 is 0. The lowest BCUT2D eigenvalue weighted by Gasteiger charge is -2.25. The van der Waals surface area contributed by atoms with Crippen molar-refractivity contribution >= 4 is 0 Å². The normalized spacial score (nSPS) is 18.5. The van der Waals surface area contributed by atoms with Gasteiger partial charge >= 0.3 is 0 Å². The number of hydrogen-bond acceptors (Lipinski definition) is 2. The van der Waals surface area contributed by atoms with Crippen LogP contribution in [0.3, 0.4) is 0 Å². The van der Waals surface area contributed by atoms with Crippen molar-refractivity contribution in [2.75, 3.05) is 6.61 Å². The maximum atomic E-state index is 6.26. The summed E-state index contributed by atoms with van der Waals surface area (Å²) in [6.45, 7) is 7.28.